The highest BCUT2D eigenvalue weighted by atomic mass is 16.5. The van der Waals surface area contributed by atoms with Gasteiger partial charge in [0.25, 0.3) is 0 Å². The Morgan fingerprint density at radius 1 is 1.00 bits per heavy atom. The highest BCUT2D eigenvalue weighted by Crippen LogP contribution is 2.27. The van der Waals surface area contributed by atoms with Crippen LogP contribution < -0.4 is 15.0 Å². The van der Waals surface area contributed by atoms with E-state index in [-0.39, 0.29) is 17.9 Å². The molecule has 0 atom stereocenters. The van der Waals surface area contributed by atoms with Crippen molar-refractivity contribution < 1.29 is 14.3 Å². The van der Waals surface area contributed by atoms with Gasteiger partial charge < -0.3 is 19.9 Å². The minimum Gasteiger partial charge on any atom is -0.491 e. The molecule has 188 valence electrons. The summed E-state index contributed by atoms with van der Waals surface area (Å²) in [6.45, 7) is 8.33. The molecule has 3 aromatic rings. The number of aryl methyl sites for hydroxylation is 1. The average molecular weight is 486 g/mol. The van der Waals surface area contributed by atoms with Crippen LogP contribution in [0.2, 0.25) is 0 Å². The monoisotopic (exact) mass is 485 g/mol. The standard InChI is InChI=1S/C30H35N3O3/c1-22(2)29(34)33(27-12-9-23(3)10-13-27)20-25-11-14-28-26(19-25)21-32(17-18-36-28)30(35)31-16-15-24-7-5-4-6-8-24/h4-14,19,22H,15-18,20-21H2,1-3H3,(H,31,35). The first kappa shape index (κ1) is 25.3. The number of carbonyl (C=O) groups excluding carboxylic acids is 2. The van der Waals surface area contributed by atoms with Crippen molar-refractivity contribution in [3.05, 3.63) is 95.1 Å². The summed E-state index contributed by atoms with van der Waals surface area (Å²) in [5.74, 6) is 0.741. The van der Waals surface area contributed by atoms with Gasteiger partial charge in [0.05, 0.1) is 19.6 Å². The molecule has 6 nitrogen and oxygen atoms in total. The molecule has 36 heavy (non-hydrogen) atoms. The summed E-state index contributed by atoms with van der Waals surface area (Å²) in [5, 5.41) is 3.04. The second kappa shape index (κ2) is 11.8. The van der Waals surface area contributed by atoms with E-state index in [9.17, 15) is 9.59 Å². The van der Waals surface area contributed by atoms with E-state index >= 15 is 0 Å². The van der Waals surface area contributed by atoms with Crippen molar-refractivity contribution >= 4 is 17.6 Å². The number of amides is 3. The van der Waals surface area contributed by atoms with Gasteiger partial charge in [0.15, 0.2) is 0 Å². The third-order valence-corrected chi connectivity index (χ3v) is 6.37. The molecule has 6 heteroatoms. The number of rotatable bonds is 7. The van der Waals surface area contributed by atoms with E-state index in [2.05, 4.69) is 23.5 Å². The normalized spacial score (nSPS) is 12.9. The van der Waals surface area contributed by atoms with Gasteiger partial charge in [-0.05, 0) is 48.7 Å². The van der Waals surface area contributed by atoms with Crippen LogP contribution in [0.1, 0.15) is 36.1 Å². The van der Waals surface area contributed by atoms with Gasteiger partial charge in [0.2, 0.25) is 5.91 Å². The lowest BCUT2D eigenvalue weighted by Gasteiger charge is -2.26. The predicted molar refractivity (Wildman–Crippen MR) is 143 cm³/mol. The maximum absolute atomic E-state index is 13.1. The van der Waals surface area contributed by atoms with E-state index in [1.54, 1.807) is 4.90 Å². The number of ether oxygens (including phenoxy) is 1. The molecule has 3 aromatic carbocycles. The minimum atomic E-state index is -0.120. The fraction of sp³-hybridized carbons (Fsp3) is 0.333. The van der Waals surface area contributed by atoms with Crippen LogP contribution in [-0.4, -0.2) is 36.5 Å². The summed E-state index contributed by atoms with van der Waals surface area (Å²) >= 11 is 0. The Kier molecular flexibility index (Phi) is 8.26. The molecule has 1 heterocycles. The van der Waals surface area contributed by atoms with E-state index in [4.69, 9.17) is 4.74 Å². The zero-order valence-corrected chi connectivity index (χ0v) is 21.4. The molecule has 0 aliphatic carbocycles. The summed E-state index contributed by atoms with van der Waals surface area (Å²) in [4.78, 5) is 29.6. The first-order valence-electron chi connectivity index (χ1n) is 12.6. The molecule has 0 bridgehead atoms. The summed E-state index contributed by atoms with van der Waals surface area (Å²) in [5.41, 5.74) is 5.17. The number of hydrogen-bond acceptors (Lipinski definition) is 3. The average Bonchev–Trinajstić information content (AvgIpc) is 3.10. The number of hydrogen-bond donors (Lipinski definition) is 1. The zero-order chi connectivity index (χ0) is 25.5. The molecule has 0 radical (unpaired) electrons. The molecular formula is C30H35N3O3. The lowest BCUT2D eigenvalue weighted by molar-refractivity contribution is -0.121. The summed E-state index contributed by atoms with van der Waals surface area (Å²) < 4.78 is 5.94. The Bertz CT molecular complexity index is 1180. The second-order valence-electron chi connectivity index (χ2n) is 9.59. The van der Waals surface area contributed by atoms with E-state index in [1.807, 2.05) is 80.3 Å². The number of nitrogens with zero attached hydrogens (tertiary/aromatic N) is 2. The van der Waals surface area contributed by atoms with Gasteiger partial charge in [0.1, 0.15) is 12.4 Å². The van der Waals surface area contributed by atoms with Gasteiger partial charge >= 0.3 is 6.03 Å². The number of benzene rings is 3. The molecule has 0 unspecified atom stereocenters. The first-order chi connectivity index (χ1) is 17.4. The highest BCUT2D eigenvalue weighted by Gasteiger charge is 2.22. The number of carbonyl (C=O) groups is 2. The Balaban J connectivity index is 1.46. The number of fused-ring (bicyclic) bond motifs is 1. The van der Waals surface area contributed by atoms with Gasteiger partial charge in [0, 0.05) is 23.7 Å². The largest absolute Gasteiger partial charge is 0.491 e. The van der Waals surface area contributed by atoms with Crippen LogP contribution in [0.4, 0.5) is 10.5 Å². The quantitative estimate of drug-likeness (QED) is 0.492. The third kappa shape index (κ3) is 6.45. The van der Waals surface area contributed by atoms with Gasteiger partial charge in [-0.25, -0.2) is 4.79 Å². The molecule has 4 rings (SSSR count). The van der Waals surface area contributed by atoms with Crippen molar-refractivity contribution in [3.8, 4) is 5.75 Å². The number of urea groups is 1. The number of nitrogens with one attached hydrogen (secondary N) is 1. The zero-order valence-electron chi connectivity index (χ0n) is 21.4. The van der Waals surface area contributed by atoms with Crippen molar-refractivity contribution in [2.45, 2.75) is 40.3 Å². The smallest absolute Gasteiger partial charge is 0.317 e. The first-order valence-corrected chi connectivity index (χ1v) is 12.6. The molecule has 3 amide bonds. The van der Waals surface area contributed by atoms with Crippen LogP contribution in [0.3, 0.4) is 0 Å². The summed E-state index contributed by atoms with van der Waals surface area (Å²) in [7, 11) is 0. The lowest BCUT2D eigenvalue weighted by atomic mass is 10.1. The molecule has 1 aliphatic heterocycles. The van der Waals surface area contributed by atoms with Gasteiger partial charge in [-0.15, -0.1) is 0 Å². The molecule has 0 spiro atoms. The van der Waals surface area contributed by atoms with Gasteiger partial charge in [-0.1, -0.05) is 67.9 Å². The third-order valence-electron chi connectivity index (χ3n) is 6.37. The van der Waals surface area contributed by atoms with E-state index in [0.29, 0.717) is 32.8 Å². The van der Waals surface area contributed by atoms with Crippen LogP contribution in [0.25, 0.3) is 0 Å². The Labute approximate surface area is 213 Å². The van der Waals surface area contributed by atoms with Gasteiger partial charge in [-0.2, -0.15) is 0 Å². The number of anilines is 1. The Morgan fingerprint density at radius 2 is 1.75 bits per heavy atom. The van der Waals surface area contributed by atoms with E-state index in [0.717, 1.165) is 34.5 Å². The van der Waals surface area contributed by atoms with Crippen molar-refractivity contribution in [2.24, 2.45) is 5.92 Å². The van der Waals surface area contributed by atoms with Gasteiger partial charge in [-0.3, -0.25) is 4.79 Å². The topological polar surface area (TPSA) is 61.9 Å². The maximum Gasteiger partial charge on any atom is 0.317 e. The fourth-order valence-electron chi connectivity index (χ4n) is 4.30. The van der Waals surface area contributed by atoms with Crippen molar-refractivity contribution in [1.82, 2.24) is 10.2 Å². The fourth-order valence-corrected chi connectivity index (χ4v) is 4.30. The second-order valence-corrected chi connectivity index (χ2v) is 9.59. The van der Waals surface area contributed by atoms with Crippen molar-refractivity contribution in [3.63, 3.8) is 0 Å². The van der Waals surface area contributed by atoms with Crippen LogP contribution in [0.5, 0.6) is 5.75 Å². The van der Waals surface area contributed by atoms with Crippen LogP contribution in [0.15, 0.2) is 72.8 Å². The van der Waals surface area contributed by atoms with Crippen LogP contribution in [-0.2, 0) is 24.3 Å². The lowest BCUT2D eigenvalue weighted by Crippen LogP contribution is -2.41. The summed E-state index contributed by atoms with van der Waals surface area (Å²) in [6, 6.07) is 24.1. The maximum atomic E-state index is 13.1. The Morgan fingerprint density at radius 3 is 2.47 bits per heavy atom. The van der Waals surface area contributed by atoms with Crippen molar-refractivity contribution in [1.29, 1.82) is 0 Å². The molecule has 0 saturated carbocycles. The van der Waals surface area contributed by atoms with E-state index < -0.39 is 0 Å². The predicted octanol–water partition coefficient (Wildman–Crippen LogP) is 5.33. The SMILES string of the molecule is Cc1ccc(N(Cc2ccc3c(c2)CN(C(=O)NCCc2ccccc2)CCO3)C(=O)C(C)C)cc1. The van der Waals surface area contributed by atoms with Crippen LogP contribution >= 0.6 is 0 Å². The van der Waals surface area contributed by atoms with Crippen LogP contribution in [0, 0.1) is 12.8 Å². The molecule has 0 aromatic heterocycles. The minimum absolute atomic E-state index is 0.0736. The summed E-state index contributed by atoms with van der Waals surface area (Å²) in [6.07, 6.45) is 0.788. The van der Waals surface area contributed by atoms with Crippen molar-refractivity contribution in [2.75, 3.05) is 24.6 Å². The molecule has 1 N–H and O–H groups in total. The van der Waals surface area contributed by atoms with E-state index in [1.165, 1.54) is 5.56 Å². The Hall–Kier alpha value is -3.80. The molecular weight excluding hydrogens is 450 g/mol. The highest BCUT2D eigenvalue weighted by molar-refractivity contribution is 5.94. The molecule has 1 aliphatic rings. The molecule has 0 fully saturated rings. The molecule has 0 saturated heterocycles.